The molecule has 2 amide bonds. The molecule has 0 aromatic rings. The Hall–Kier alpha value is -1.06. The molecule has 1 aliphatic heterocycles. The van der Waals surface area contributed by atoms with Crippen LogP contribution < -0.4 is 5.32 Å². The predicted octanol–water partition coefficient (Wildman–Crippen LogP) is 2.18. The second-order valence-electron chi connectivity index (χ2n) is 6.98. The molecule has 0 bridgehead atoms. The summed E-state index contributed by atoms with van der Waals surface area (Å²) in [6, 6.07) is -0.129. The van der Waals surface area contributed by atoms with Crippen LogP contribution in [0.15, 0.2) is 0 Å². The summed E-state index contributed by atoms with van der Waals surface area (Å²) >= 11 is 0. The van der Waals surface area contributed by atoms with Gasteiger partial charge in [-0.15, -0.1) is 0 Å². The molecule has 110 valence electrons. The zero-order chi connectivity index (χ0) is 14.8. The summed E-state index contributed by atoms with van der Waals surface area (Å²) < 4.78 is 0. The highest BCUT2D eigenvalue weighted by atomic mass is 16.2. The summed E-state index contributed by atoms with van der Waals surface area (Å²) in [5, 5.41) is 2.83. The van der Waals surface area contributed by atoms with E-state index in [2.05, 4.69) is 19.2 Å². The van der Waals surface area contributed by atoms with Crippen LogP contribution in [0, 0.1) is 11.3 Å². The SMILES string of the molecule is CC(=O)NC(C(=O)N1CCCC1C(C)C)C(C)(C)C. The Kier molecular flexibility index (Phi) is 4.99. The van der Waals surface area contributed by atoms with Crippen LogP contribution in [0.25, 0.3) is 0 Å². The average Bonchev–Trinajstić information content (AvgIpc) is 2.71. The lowest BCUT2D eigenvalue weighted by Crippen LogP contribution is -2.55. The van der Waals surface area contributed by atoms with E-state index in [1.54, 1.807) is 0 Å². The van der Waals surface area contributed by atoms with Crippen molar-refractivity contribution in [3.63, 3.8) is 0 Å². The predicted molar refractivity (Wildman–Crippen MR) is 76.6 cm³/mol. The molecule has 4 heteroatoms. The molecular weight excluding hydrogens is 240 g/mol. The van der Waals surface area contributed by atoms with Gasteiger partial charge in [0, 0.05) is 19.5 Å². The highest BCUT2D eigenvalue weighted by molar-refractivity contribution is 5.88. The standard InChI is InChI=1S/C15H28N2O2/c1-10(2)12-8-7-9-17(12)14(19)13(15(4,5)6)16-11(3)18/h10,12-13H,7-9H2,1-6H3,(H,16,18). The Balaban J connectivity index is 2.90. The maximum absolute atomic E-state index is 12.8. The number of nitrogens with one attached hydrogen (secondary N) is 1. The zero-order valence-electron chi connectivity index (χ0n) is 13.1. The minimum absolute atomic E-state index is 0.0684. The molecule has 1 saturated heterocycles. The van der Waals surface area contributed by atoms with Gasteiger partial charge in [-0.25, -0.2) is 0 Å². The van der Waals surface area contributed by atoms with Crippen LogP contribution in [-0.4, -0.2) is 35.3 Å². The lowest BCUT2D eigenvalue weighted by atomic mass is 9.85. The van der Waals surface area contributed by atoms with Gasteiger partial charge in [-0.2, -0.15) is 0 Å². The fourth-order valence-corrected chi connectivity index (χ4v) is 2.78. The van der Waals surface area contributed by atoms with E-state index >= 15 is 0 Å². The van der Waals surface area contributed by atoms with Crippen molar-refractivity contribution in [3.8, 4) is 0 Å². The minimum Gasteiger partial charge on any atom is -0.344 e. The Morgan fingerprint density at radius 1 is 1.26 bits per heavy atom. The lowest BCUT2D eigenvalue weighted by molar-refractivity contribution is -0.140. The molecule has 1 rings (SSSR count). The fourth-order valence-electron chi connectivity index (χ4n) is 2.78. The van der Waals surface area contributed by atoms with Crippen LogP contribution in [0.3, 0.4) is 0 Å². The minimum atomic E-state index is -0.440. The number of rotatable bonds is 3. The molecule has 0 aliphatic carbocycles. The molecule has 2 unspecified atom stereocenters. The molecule has 0 spiro atoms. The molecule has 4 nitrogen and oxygen atoms in total. The molecule has 19 heavy (non-hydrogen) atoms. The highest BCUT2D eigenvalue weighted by Crippen LogP contribution is 2.28. The summed E-state index contributed by atoms with van der Waals surface area (Å²) in [5.41, 5.74) is -0.271. The molecular formula is C15H28N2O2. The lowest BCUT2D eigenvalue weighted by Gasteiger charge is -2.36. The van der Waals surface area contributed by atoms with Crippen molar-refractivity contribution in [2.45, 2.75) is 66.5 Å². The van der Waals surface area contributed by atoms with E-state index in [9.17, 15) is 9.59 Å². The molecule has 1 fully saturated rings. The summed E-state index contributed by atoms with van der Waals surface area (Å²) in [6.45, 7) is 12.6. The van der Waals surface area contributed by atoms with E-state index in [-0.39, 0.29) is 17.2 Å². The average molecular weight is 268 g/mol. The van der Waals surface area contributed by atoms with Gasteiger partial charge in [-0.1, -0.05) is 34.6 Å². The van der Waals surface area contributed by atoms with E-state index in [0.29, 0.717) is 12.0 Å². The van der Waals surface area contributed by atoms with Gasteiger partial charge in [0.05, 0.1) is 0 Å². The molecule has 1 aliphatic rings. The number of hydrogen-bond donors (Lipinski definition) is 1. The topological polar surface area (TPSA) is 49.4 Å². The van der Waals surface area contributed by atoms with Gasteiger partial charge >= 0.3 is 0 Å². The third kappa shape index (κ3) is 3.95. The van der Waals surface area contributed by atoms with Crippen LogP contribution in [0.5, 0.6) is 0 Å². The van der Waals surface area contributed by atoms with Crippen molar-refractivity contribution in [1.82, 2.24) is 10.2 Å². The Labute approximate surface area is 116 Å². The maximum atomic E-state index is 12.8. The van der Waals surface area contributed by atoms with Crippen molar-refractivity contribution < 1.29 is 9.59 Å². The number of amides is 2. The Bertz CT molecular complexity index is 345. The first-order valence-corrected chi connectivity index (χ1v) is 7.22. The second-order valence-corrected chi connectivity index (χ2v) is 6.98. The van der Waals surface area contributed by atoms with Crippen LogP contribution in [0.1, 0.15) is 54.4 Å². The zero-order valence-corrected chi connectivity index (χ0v) is 13.1. The molecule has 0 radical (unpaired) electrons. The Morgan fingerprint density at radius 2 is 1.84 bits per heavy atom. The van der Waals surface area contributed by atoms with E-state index in [4.69, 9.17) is 0 Å². The van der Waals surface area contributed by atoms with Crippen molar-refractivity contribution >= 4 is 11.8 Å². The highest BCUT2D eigenvalue weighted by Gasteiger charge is 2.39. The number of hydrogen-bond acceptors (Lipinski definition) is 2. The molecule has 1 N–H and O–H groups in total. The van der Waals surface area contributed by atoms with Gasteiger partial charge in [-0.3, -0.25) is 9.59 Å². The smallest absolute Gasteiger partial charge is 0.245 e. The first-order valence-electron chi connectivity index (χ1n) is 7.22. The van der Waals surface area contributed by atoms with Crippen LogP contribution in [-0.2, 0) is 9.59 Å². The third-order valence-electron chi connectivity index (χ3n) is 3.81. The Morgan fingerprint density at radius 3 is 2.26 bits per heavy atom. The quantitative estimate of drug-likeness (QED) is 0.853. The first-order chi connectivity index (χ1) is 8.64. The number of nitrogens with zero attached hydrogens (tertiary/aromatic N) is 1. The number of carbonyl (C=O) groups is 2. The van der Waals surface area contributed by atoms with Crippen LogP contribution in [0.2, 0.25) is 0 Å². The monoisotopic (exact) mass is 268 g/mol. The van der Waals surface area contributed by atoms with Gasteiger partial charge in [0.25, 0.3) is 0 Å². The molecule has 1 heterocycles. The fraction of sp³-hybridized carbons (Fsp3) is 0.867. The van der Waals surface area contributed by atoms with E-state index in [1.165, 1.54) is 6.92 Å². The van der Waals surface area contributed by atoms with E-state index in [1.807, 2.05) is 25.7 Å². The second kappa shape index (κ2) is 5.93. The van der Waals surface area contributed by atoms with Crippen molar-refractivity contribution in [3.05, 3.63) is 0 Å². The van der Waals surface area contributed by atoms with Crippen LogP contribution in [0.4, 0.5) is 0 Å². The first kappa shape index (κ1) is 16.0. The van der Waals surface area contributed by atoms with Crippen molar-refractivity contribution in [2.24, 2.45) is 11.3 Å². The third-order valence-corrected chi connectivity index (χ3v) is 3.81. The van der Waals surface area contributed by atoms with E-state index < -0.39 is 6.04 Å². The normalized spacial score (nSPS) is 21.6. The van der Waals surface area contributed by atoms with Gasteiger partial charge < -0.3 is 10.2 Å². The van der Waals surface area contributed by atoms with Crippen molar-refractivity contribution in [2.75, 3.05) is 6.54 Å². The number of likely N-dealkylation sites (tertiary alicyclic amines) is 1. The molecule has 0 aromatic heterocycles. The molecule has 2 atom stereocenters. The van der Waals surface area contributed by atoms with Gasteiger partial charge in [0.2, 0.25) is 11.8 Å². The number of carbonyl (C=O) groups excluding carboxylic acids is 2. The van der Waals surface area contributed by atoms with Gasteiger partial charge in [-0.05, 0) is 24.2 Å². The largest absolute Gasteiger partial charge is 0.344 e. The summed E-state index contributed by atoms with van der Waals surface area (Å²) in [5.74, 6) is 0.386. The molecule has 0 aromatic carbocycles. The maximum Gasteiger partial charge on any atom is 0.245 e. The van der Waals surface area contributed by atoms with Gasteiger partial charge in [0.15, 0.2) is 0 Å². The van der Waals surface area contributed by atoms with E-state index in [0.717, 1.165) is 19.4 Å². The summed E-state index contributed by atoms with van der Waals surface area (Å²) in [6.07, 6.45) is 2.13. The molecule has 0 saturated carbocycles. The van der Waals surface area contributed by atoms with Crippen LogP contribution >= 0.6 is 0 Å². The summed E-state index contributed by atoms with van der Waals surface area (Å²) in [4.78, 5) is 26.1. The van der Waals surface area contributed by atoms with Crippen molar-refractivity contribution in [1.29, 1.82) is 0 Å². The summed E-state index contributed by atoms with van der Waals surface area (Å²) in [7, 11) is 0. The van der Waals surface area contributed by atoms with Gasteiger partial charge in [0.1, 0.15) is 6.04 Å².